The van der Waals surface area contributed by atoms with Gasteiger partial charge in [-0.2, -0.15) is 0 Å². The van der Waals surface area contributed by atoms with E-state index in [0.29, 0.717) is 11.3 Å². The largest absolute Gasteiger partial charge is 0.494 e. The van der Waals surface area contributed by atoms with Crippen LogP contribution in [0, 0.1) is 5.82 Å². The molecular weight excluding hydrogens is 393 g/mol. The van der Waals surface area contributed by atoms with E-state index < -0.39 is 23.8 Å². The number of nitrogens with one attached hydrogen (secondary N) is 1. The lowest BCUT2D eigenvalue weighted by atomic mass is 10.1. The van der Waals surface area contributed by atoms with Gasteiger partial charge >= 0.3 is 5.97 Å². The van der Waals surface area contributed by atoms with E-state index in [2.05, 4.69) is 21.2 Å². The van der Waals surface area contributed by atoms with Gasteiger partial charge in [-0.1, -0.05) is 28.1 Å². The first-order chi connectivity index (χ1) is 11.9. The number of halogens is 2. The fourth-order valence-corrected chi connectivity index (χ4v) is 2.49. The van der Waals surface area contributed by atoms with Crippen LogP contribution in [0.25, 0.3) is 0 Å². The highest BCUT2D eigenvalue weighted by atomic mass is 79.9. The maximum absolute atomic E-state index is 13.6. The second-order valence-corrected chi connectivity index (χ2v) is 6.19. The van der Waals surface area contributed by atoms with E-state index in [1.165, 1.54) is 26.2 Å². The van der Waals surface area contributed by atoms with Crippen LogP contribution in [0.3, 0.4) is 0 Å². The number of hydrogen-bond acceptors (Lipinski definition) is 4. The van der Waals surface area contributed by atoms with Crippen LogP contribution in [-0.4, -0.2) is 25.1 Å². The van der Waals surface area contributed by atoms with Gasteiger partial charge in [0, 0.05) is 10.2 Å². The van der Waals surface area contributed by atoms with Crippen molar-refractivity contribution in [2.24, 2.45) is 0 Å². The van der Waals surface area contributed by atoms with Gasteiger partial charge in [-0.3, -0.25) is 9.59 Å². The normalized spacial score (nSPS) is 11.5. The van der Waals surface area contributed by atoms with Crippen LogP contribution in [0.4, 0.5) is 10.1 Å². The van der Waals surface area contributed by atoms with Crippen molar-refractivity contribution in [3.63, 3.8) is 0 Å². The van der Waals surface area contributed by atoms with Crippen molar-refractivity contribution in [2.75, 3.05) is 12.4 Å². The number of anilines is 1. The lowest BCUT2D eigenvalue weighted by molar-refractivity contribution is -0.152. The minimum atomic E-state index is -0.977. The van der Waals surface area contributed by atoms with Crippen LogP contribution in [0.2, 0.25) is 0 Å². The fraction of sp³-hybridized carbons (Fsp3) is 0.222. The van der Waals surface area contributed by atoms with E-state index in [9.17, 15) is 14.0 Å². The second kappa shape index (κ2) is 8.62. The van der Waals surface area contributed by atoms with Crippen LogP contribution >= 0.6 is 15.9 Å². The molecule has 2 rings (SSSR count). The van der Waals surface area contributed by atoms with Gasteiger partial charge in [0.2, 0.25) is 0 Å². The summed E-state index contributed by atoms with van der Waals surface area (Å²) in [5, 5.41) is 2.65. The quantitative estimate of drug-likeness (QED) is 0.738. The maximum atomic E-state index is 13.6. The maximum Gasteiger partial charge on any atom is 0.311 e. The topological polar surface area (TPSA) is 64.6 Å². The van der Waals surface area contributed by atoms with E-state index in [0.717, 1.165) is 4.47 Å². The van der Waals surface area contributed by atoms with Crippen molar-refractivity contribution < 1.29 is 23.5 Å². The van der Waals surface area contributed by atoms with Crippen LogP contribution in [0.1, 0.15) is 12.5 Å². The Morgan fingerprint density at radius 2 is 2.00 bits per heavy atom. The highest BCUT2D eigenvalue weighted by Crippen LogP contribution is 2.19. The zero-order chi connectivity index (χ0) is 18.4. The molecule has 0 heterocycles. The first-order valence-electron chi connectivity index (χ1n) is 7.47. The molecule has 0 aliphatic carbocycles. The molecule has 1 amide bonds. The number of carbonyl (C=O) groups excluding carboxylic acids is 2. The third kappa shape index (κ3) is 5.56. The molecule has 2 aromatic carbocycles. The molecule has 5 nitrogen and oxygen atoms in total. The number of rotatable bonds is 6. The molecule has 0 aromatic heterocycles. The predicted octanol–water partition coefficient (Wildman–Crippen LogP) is 3.71. The molecule has 0 saturated heterocycles. The van der Waals surface area contributed by atoms with Gasteiger partial charge in [-0.05, 0) is 42.8 Å². The third-order valence-corrected chi connectivity index (χ3v) is 3.83. The zero-order valence-corrected chi connectivity index (χ0v) is 15.3. The van der Waals surface area contributed by atoms with E-state index in [1.54, 1.807) is 24.3 Å². The van der Waals surface area contributed by atoms with E-state index >= 15 is 0 Å². The van der Waals surface area contributed by atoms with E-state index in [4.69, 9.17) is 9.47 Å². The Morgan fingerprint density at radius 3 is 2.64 bits per heavy atom. The van der Waals surface area contributed by atoms with Gasteiger partial charge in [-0.15, -0.1) is 0 Å². The van der Waals surface area contributed by atoms with Crippen LogP contribution in [0.15, 0.2) is 46.9 Å². The standard InChI is InChI=1S/C18H17BrFNO4/c1-11(18(23)21-14-5-3-4-13(19)10-14)25-17(22)9-12-6-7-16(24-2)15(20)8-12/h3-8,10-11H,9H2,1-2H3,(H,21,23)/t11-/m1/s1. The summed E-state index contributed by atoms with van der Waals surface area (Å²) in [6.45, 7) is 1.47. The molecule has 0 radical (unpaired) electrons. The Bertz CT molecular complexity index is 781. The zero-order valence-electron chi connectivity index (χ0n) is 13.7. The summed E-state index contributed by atoms with van der Waals surface area (Å²) in [7, 11) is 1.36. The molecule has 0 fully saturated rings. The summed E-state index contributed by atoms with van der Waals surface area (Å²) < 4.78 is 24.4. The molecule has 2 aromatic rings. The Hall–Kier alpha value is -2.41. The number of benzene rings is 2. The molecule has 132 valence electrons. The summed E-state index contributed by atoms with van der Waals surface area (Å²) in [4.78, 5) is 24.0. The van der Waals surface area contributed by atoms with Crippen molar-refractivity contribution in [2.45, 2.75) is 19.4 Å². The van der Waals surface area contributed by atoms with Gasteiger partial charge in [0.1, 0.15) is 0 Å². The van der Waals surface area contributed by atoms with Gasteiger partial charge in [0.15, 0.2) is 17.7 Å². The van der Waals surface area contributed by atoms with Crippen molar-refractivity contribution in [3.05, 3.63) is 58.3 Å². The van der Waals surface area contributed by atoms with Crippen LogP contribution in [-0.2, 0) is 20.7 Å². The van der Waals surface area contributed by atoms with E-state index in [1.807, 2.05) is 6.07 Å². The number of carbonyl (C=O) groups is 2. The van der Waals surface area contributed by atoms with Crippen molar-refractivity contribution in [3.8, 4) is 5.75 Å². The Labute approximate surface area is 153 Å². The Morgan fingerprint density at radius 1 is 1.24 bits per heavy atom. The number of hydrogen-bond donors (Lipinski definition) is 1. The molecule has 0 unspecified atom stereocenters. The molecule has 0 bridgehead atoms. The average Bonchev–Trinajstić information content (AvgIpc) is 2.54. The predicted molar refractivity (Wildman–Crippen MR) is 95.0 cm³/mol. The Balaban J connectivity index is 1.90. The minimum absolute atomic E-state index is 0.0962. The molecule has 0 spiro atoms. The summed E-state index contributed by atoms with van der Waals surface area (Å²) in [6.07, 6.45) is -1.12. The average molecular weight is 410 g/mol. The van der Waals surface area contributed by atoms with Crippen molar-refractivity contribution >= 4 is 33.5 Å². The second-order valence-electron chi connectivity index (χ2n) is 5.28. The molecule has 0 aliphatic rings. The molecular formula is C18H17BrFNO4. The van der Waals surface area contributed by atoms with Gasteiger partial charge in [0.25, 0.3) is 5.91 Å². The summed E-state index contributed by atoms with van der Waals surface area (Å²) >= 11 is 3.31. The minimum Gasteiger partial charge on any atom is -0.494 e. The lowest BCUT2D eigenvalue weighted by Crippen LogP contribution is -2.30. The number of amides is 1. The third-order valence-electron chi connectivity index (χ3n) is 3.33. The number of esters is 1. The monoisotopic (exact) mass is 409 g/mol. The lowest BCUT2D eigenvalue weighted by Gasteiger charge is -2.14. The van der Waals surface area contributed by atoms with Crippen molar-refractivity contribution in [1.29, 1.82) is 0 Å². The fourth-order valence-electron chi connectivity index (χ4n) is 2.09. The molecule has 25 heavy (non-hydrogen) atoms. The van der Waals surface area contributed by atoms with E-state index in [-0.39, 0.29) is 12.2 Å². The van der Waals surface area contributed by atoms with Gasteiger partial charge in [-0.25, -0.2) is 4.39 Å². The summed E-state index contributed by atoms with van der Waals surface area (Å²) in [5.74, 6) is -1.54. The Kier molecular flexibility index (Phi) is 6.52. The smallest absolute Gasteiger partial charge is 0.311 e. The molecule has 1 atom stereocenters. The van der Waals surface area contributed by atoms with Crippen LogP contribution < -0.4 is 10.1 Å². The highest BCUT2D eigenvalue weighted by molar-refractivity contribution is 9.10. The number of methoxy groups -OCH3 is 1. The number of ether oxygens (including phenoxy) is 2. The van der Waals surface area contributed by atoms with Gasteiger partial charge < -0.3 is 14.8 Å². The van der Waals surface area contributed by atoms with Crippen LogP contribution in [0.5, 0.6) is 5.75 Å². The first kappa shape index (κ1) is 18.9. The SMILES string of the molecule is COc1ccc(CC(=O)O[C@H](C)C(=O)Nc2cccc(Br)c2)cc1F. The van der Waals surface area contributed by atoms with Gasteiger partial charge in [0.05, 0.1) is 13.5 Å². The molecule has 7 heteroatoms. The van der Waals surface area contributed by atoms with Crippen molar-refractivity contribution in [1.82, 2.24) is 0 Å². The summed E-state index contributed by atoms with van der Waals surface area (Å²) in [6, 6.07) is 11.2. The molecule has 0 aliphatic heterocycles. The molecule has 0 saturated carbocycles. The molecule has 1 N–H and O–H groups in total. The summed E-state index contributed by atoms with van der Waals surface area (Å²) in [5.41, 5.74) is 1.02. The first-order valence-corrected chi connectivity index (χ1v) is 8.26. The highest BCUT2D eigenvalue weighted by Gasteiger charge is 2.18.